The van der Waals surface area contributed by atoms with Crippen LogP contribution in [0.25, 0.3) is 0 Å². The Kier molecular flexibility index (Phi) is 4.58. The fourth-order valence-electron chi connectivity index (χ4n) is 2.10. The van der Waals surface area contributed by atoms with Gasteiger partial charge < -0.3 is 4.74 Å². The van der Waals surface area contributed by atoms with Gasteiger partial charge in [-0.15, -0.1) is 0 Å². The van der Waals surface area contributed by atoms with E-state index in [0.717, 1.165) is 19.3 Å². The van der Waals surface area contributed by atoms with Crippen LogP contribution in [0, 0.1) is 0 Å². The van der Waals surface area contributed by atoms with E-state index in [0.29, 0.717) is 6.61 Å². The molecule has 1 fully saturated rings. The molecule has 2 atom stereocenters. The number of hydrogen-bond donors (Lipinski definition) is 2. The van der Waals surface area contributed by atoms with Gasteiger partial charge in [0.15, 0.2) is 0 Å². The first kappa shape index (κ1) is 13.7. The summed E-state index contributed by atoms with van der Waals surface area (Å²) < 4.78 is 42.0. The van der Waals surface area contributed by atoms with Gasteiger partial charge in [-0.2, -0.15) is 13.2 Å². The normalized spacial score (nSPS) is 29.1. The molecule has 0 aromatic heterocycles. The van der Waals surface area contributed by atoms with E-state index in [-0.39, 0.29) is 6.42 Å². The van der Waals surface area contributed by atoms with E-state index in [2.05, 4.69) is 5.43 Å². The molecule has 0 saturated carbocycles. The van der Waals surface area contributed by atoms with Gasteiger partial charge in [-0.1, -0.05) is 0 Å². The molecular formula is C10H19F3N2O. The fraction of sp³-hybridized carbons (Fsp3) is 1.00. The highest BCUT2D eigenvalue weighted by atomic mass is 19.4. The van der Waals surface area contributed by atoms with Gasteiger partial charge in [0.2, 0.25) is 0 Å². The molecule has 0 radical (unpaired) electrons. The van der Waals surface area contributed by atoms with Crippen LogP contribution in [-0.4, -0.2) is 24.4 Å². The van der Waals surface area contributed by atoms with Crippen LogP contribution in [0.15, 0.2) is 0 Å². The van der Waals surface area contributed by atoms with Crippen LogP contribution in [0.5, 0.6) is 0 Å². The van der Waals surface area contributed by atoms with Crippen LogP contribution in [0.1, 0.15) is 39.0 Å². The first-order valence-corrected chi connectivity index (χ1v) is 5.54. The lowest BCUT2D eigenvalue weighted by atomic mass is 9.86. The Morgan fingerprint density at radius 2 is 2.12 bits per heavy atom. The van der Waals surface area contributed by atoms with Gasteiger partial charge in [0.1, 0.15) is 0 Å². The van der Waals surface area contributed by atoms with Gasteiger partial charge >= 0.3 is 6.18 Å². The average Bonchev–Trinajstić information content (AvgIpc) is 2.17. The maximum absolute atomic E-state index is 12.1. The third kappa shape index (κ3) is 3.92. The van der Waals surface area contributed by atoms with Crippen molar-refractivity contribution in [2.45, 2.75) is 56.8 Å². The van der Waals surface area contributed by atoms with Crippen molar-refractivity contribution >= 4 is 0 Å². The molecule has 6 heteroatoms. The number of nitrogens with one attached hydrogen (secondary N) is 1. The molecule has 1 saturated heterocycles. The van der Waals surface area contributed by atoms with E-state index in [9.17, 15) is 13.2 Å². The minimum Gasteiger partial charge on any atom is -0.374 e. The molecule has 3 nitrogen and oxygen atoms in total. The monoisotopic (exact) mass is 240 g/mol. The topological polar surface area (TPSA) is 47.3 Å². The highest BCUT2D eigenvalue weighted by Gasteiger charge is 2.38. The van der Waals surface area contributed by atoms with Gasteiger partial charge in [-0.25, -0.2) is 0 Å². The van der Waals surface area contributed by atoms with Crippen LogP contribution in [0.4, 0.5) is 13.2 Å². The summed E-state index contributed by atoms with van der Waals surface area (Å²) in [5, 5.41) is 0. The number of ether oxygens (including phenoxy) is 1. The Morgan fingerprint density at radius 1 is 1.44 bits per heavy atom. The van der Waals surface area contributed by atoms with Gasteiger partial charge in [0, 0.05) is 13.0 Å². The zero-order valence-corrected chi connectivity index (χ0v) is 9.44. The molecule has 1 aliphatic rings. The van der Waals surface area contributed by atoms with Crippen molar-refractivity contribution in [3.63, 3.8) is 0 Å². The van der Waals surface area contributed by atoms with E-state index in [1.807, 2.05) is 6.92 Å². The number of hydrogen-bond acceptors (Lipinski definition) is 3. The Labute approximate surface area is 93.5 Å². The highest BCUT2D eigenvalue weighted by Crippen LogP contribution is 2.32. The maximum Gasteiger partial charge on any atom is 0.389 e. The largest absolute Gasteiger partial charge is 0.389 e. The molecule has 1 aliphatic heterocycles. The third-order valence-corrected chi connectivity index (χ3v) is 3.15. The van der Waals surface area contributed by atoms with Crippen molar-refractivity contribution in [2.75, 3.05) is 6.61 Å². The Balaban J connectivity index is 2.52. The van der Waals surface area contributed by atoms with E-state index < -0.39 is 24.2 Å². The molecular weight excluding hydrogens is 221 g/mol. The lowest BCUT2D eigenvalue weighted by Gasteiger charge is -2.40. The minimum atomic E-state index is -4.14. The van der Waals surface area contributed by atoms with Crippen LogP contribution in [0.3, 0.4) is 0 Å². The van der Waals surface area contributed by atoms with Crippen LogP contribution in [-0.2, 0) is 4.74 Å². The highest BCUT2D eigenvalue weighted by molar-refractivity contribution is 4.90. The Hall–Kier alpha value is -0.330. The maximum atomic E-state index is 12.1. The summed E-state index contributed by atoms with van der Waals surface area (Å²) >= 11 is 0. The second-order valence-corrected chi connectivity index (χ2v) is 4.49. The molecule has 1 rings (SSSR count). The summed E-state index contributed by atoms with van der Waals surface area (Å²) in [6.45, 7) is 2.42. The second-order valence-electron chi connectivity index (χ2n) is 4.49. The number of rotatable bonds is 4. The summed E-state index contributed by atoms with van der Waals surface area (Å²) in [5.74, 6) is 5.32. The van der Waals surface area contributed by atoms with Gasteiger partial charge in [0.05, 0.1) is 11.6 Å². The fourth-order valence-corrected chi connectivity index (χ4v) is 2.10. The number of hydrazine groups is 1. The molecule has 96 valence electrons. The van der Waals surface area contributed by atoms with Gasteiger partial charge in [-0.05, 0) is 32.6 Å². The first-order valence-electron chi connectivity index (χ1n) is 5.54. The van der Waals surface area contributed by atoms with Crippen molar-refractivity contribution in [1.82, 2.24) is 5.43 Å². The molecule has 0 aliphatic carbocycles. The predicted octanol–water partition coefficient (Wildman–Crippen LogP) is 2.12. The molecule has 0 amide bonds. The molecule has 0 spiro atoms. The van der Waals surface area contributed by atoms with E-state index in [1.165, 1.54) is 0 Å². The average molecular weight is 240 g/mol. The van der Waals surface area contributed by atoms with Crippen molar-refractivity contribution in [3.05, 3.63) is 0 Å². The number of halogens is 3. The summed E-state index contributed by atoms with van der Waals surface area (Å²) in [5.41, 5.74) is 1.89. The zero-order chi connectivity index (χ0) is 12.2. The second kappa shape index (κ2) is 5.33. The smallest absolute Gasteiger partial charge is 0.374 e. The summed E-state index contributed by atoms with van der Waals surface area (Å²) in [6.07, 6.45) is -2.33. The number of alkyl halides is 3. The molecule has 0 bridgehead atoms. The molecule has 2 unspecified atom stereocenters. The van der Waals surface area contributed by atoms with Gasteiger partial charge in [-0.3, -0.25) is 11.3 Å². The third-order valence-electron chi connectivity index (χ3n) is 3.15. The van der Waals surface area contributed by atoms with E-state index in [1.54, 1.807) is 0 Å². The first-order chi connectivity index (χ1) is 7.37. The molecule has 1 heterocycles. The van der Waals surface area contributed by atoms with Crippen molar-refractivity contribution < 1.29 is 17.9 Å². The van der Waals surface area contributed by atoms with Crippen molar-refractivity contribution in [2.24, 2.45) is 5.84 Å². The zero-order valence-electron chi connectivity index (χ0n) is 9.44. The van der Waals surface area contributed by atoms with Crippen molar-refractivity contribution in [1.29, 1.82) is 0 Å². The summed E-state index contributed by atoms with van der Waals surface area (Å²) in [7, 11) is 0. The van der Waals surface area contributed by atoms with Gasteiger partial charge in [0.25, 0.3) is 0 Å². The van der Waals surface area contributed by atoms with Crippen LogP contribution in [0.2, 0.25) is 0 Å². The van der Waals surface area contributed by atoms with E-state index >= 15 is 0 Å². The lowest BCUT2D eigenvalue weighted by Crippen LogP contribution is -2.54. The minimum absolute atomic E-state index is 0.0451. The SMILES string of the molecule is CC1(C(CCC(F)(F)F)NN)CCCCO1. The molecule has 0 aromatic carbocycles. The number of nitrogens with two attached hydrogens (primary N) is 1. The molecule has 3 N–H and O–H groups in total. The predicted molar refractivity (Wildman–Crippen MR) is 54.6 cm³/mol. The Morgan fingerprint density at radius 3 is 2.56 bits per heavy atom. The molecule has 16 heavy (non-hydrogen) atoms. The quantitative estimate of drug-likeness (QED) is 0.584. The standard InChI is InChI=1S/C10H19F3N2O/c1-9(5-2-3-7-16-9)8(15-14)4-6-10(11,12)13/h8,15H,2-7,14H2,1H3. The van der Waals surface area contributed by atoms with E-state index in [4.69, 9.17) is 10.6 Å². The summed E-state index contributed by atoms with van der Waals surface area (Å²) in [6, 6.07) is -0.450. The lowest BCUT2D eigenvalue weighted by molar-refractivity contribution is -0.145. The molecule has 0 aromatic rings. The summed E-state index contributed by atoms with van der Waals surface area (Å²) in [4.78, 5) is 0. The Bertz CT molecular complexity index is 215. The van der Waals surface area contributed by atoms with Crippen LogP contribution < -0.4 is 11.3 Å². The van der Waals surface area contributed by atoms with Crippen molar-refractivity contribution in [3.8, 4) is 0 Å². The van der Waals surface area contributed by atoms with Crippen LogP contribution >= 0.6 is 0 Å².